The van der Waals surface area contributed by atoms with Crippen molar-refractivity contribution in [3.63, 3.8) is 0 Å². The van der Waals surface area contributed by atoms with Gasteiger partial charge >= 0.3 is 5.97 Å². The molecule has 2 unspecified atom stereocenters. The van der Waals surface area contributed by atoms with Crippen molar-refractivity contribution in [2.24, 2.45) is 23.2 Å². The van der Waals surface area contributed by atoms with E-state index in [1.54, 1.807) is 4.90 Å². The fourth-order valence-corrected chi connectivity index (χ4v) is 3.74. The molecule has 0 bridgehead atoms. The Hall–Kier alpha value is -1.59. The molecule has 24 heavy (non-hydrogen) atoms. The third kappa shape index (κ3) is 4.08. The van der Waals surface area contributed by atoms with Crippen LogP contribution in [0.5, 0.6) is 0 Å². The quantitative estimate of drug-likeness (QED) is 0.774. The van der Waals surface area contributed by atoms with E-state index in [4.69, 9.17) is 5.11 Å². The van der Waals surface area contributed by atoms with E-state index in [0.717, 1.165) is 19.3 Å². The smallest absolute Gasteiger partial charge is 0.307 e. The number of piperidine rings is 1. The van der Waals surface area contributed by atoms with Gasteiger partial charge in [0, 0.05) is 19.5 Å². The van der Waals surface area contributed by atoms with Crippen molar-refractivity contribution in [1.82, 2.24) is 10.2 Å². The van der Waals surface area contributed by atoms with Crippen LogP contribution in [0, 0.1) is 23.2 Å². The van der Waals surface area contributed by atoms with Crippen LogP contribution >= 0.6 is 0 Å². The average molecular weight is 338 g/mol. The van der Waals surface area contributed by atoms with Gasteiger partial charge in [0.05, 0.1) is 5.92 Å². The number of likely N-dealkylation sites (tertiary alicyclic amines) is 1. The van der Waals surface area contributed by atoms with E-state index >= 15 is 0 Å². The zero-order chi connectivity index (χ0) is 18.1. The molecule has 0 aromatic heterocycles. The van der Waals surface area contributed by atoms with Crippen molar-refractivity contribution in [1.29, 1.82) is 0 Å². The third-order valence-electron chi connectivity index (χ3n) is 5.40. The number of hydrogen-bond acceptors (Lipinski definition) is 3. The molecule has 6 heteroatoms. The van der Waals surface area contributed by atoms with Crippen LogP contribution in [0.1, 0.15) is 53.4 Å². The van der Waals surface area contributed by atoms with Gasteiger partial charge in [-0.25, -0.2) is 0 Å². The average Bonchev–Trinajstić information content (AvgIpc) is 3.18. The number of hydrogen-bond donors (Lipinski definition) is 2. The van der Waals surface area contributed by atoms with Gasteiger partial charge < -0.3 is 15.3 Å². The highest BCUT2D eigenvalue weighted by molar-refractivity contribution is 5.88. The highest BCUT2D eigenvalue weighted by Crippen LogP contribution is 2.59. The maximum atomic E-state index is 12.8. The van der Waals surface area contributed by atoms with Crippen LogP contribution in [-0.4, -0.2) is 46.9 Å². The van der Waals surface area contributed by atoms with Gasteiger partial charge in [0.2, 0.25) is 11.8 Å². The Kier molecular flexibility index (Phi) is 5.56. The molecule has 1 saturated carbocycles. The number of carbonyl (C=O) groups is 3. The van der Waals surface area contributed by atoms with Crippen molar-refractivity contribution >= 4 is 17.8 Å². The van der Waals surface area contributed by atoms with E-state index in [-0.39, 0.29) is 35.0 Å². The van der Waals surface area contributed by atoms with Crippen molar-refractivity contribution in [3.8, 4) is 0 Å². The first-order valence-corrected chi connectivity index (χ1v) is 8.97. The van der Waals surface area contributed by atoms with Crippen LogP contribution in [0.4, 0.5) is 0 Å². The molecule has 1 heterocycles. The molecule has 2 rings (SSSR count). The van der Waals surface area contributed by atoms with Gasteiger partial charge in [0.1, 0.15) is 6.04 Å². The highest BCUT2D eigenvalue weighted by atomic mass is 16.4. The Bertz CT molecular complexity index is 507. The molecule has 0 radical (unpaired) electrons. The molecule has 1 aliphatic heterocycles. The summed E-state index contributed by atoms with van der Waals surface area (Å²) in [6.07, 6.45) is 2.66. The number of carbonyl (C=O) groups excluding carboxylic acids is 2. The predicted octanol–water partition coefficient (Wildman–Crippen LogP) is 1.89. The molecule has 2 aliphatic rings. The maximum absolute atomic E-state index is 12.8. The molecule has 2 N–H and O–H groups in total. The minimum absolute atomic E-state index is 0.0252. The zero-order valence-corrected chi connectivity index (χ0v) is 15.2. The van der Waals surface area contributed by atoms with Gasteiger partial charge in [-0.15, -0.1) is 0 Å². The fraction of sp³-hybridized carbons (Fsp3) is 0.833. The Morgan fingerprint density at radius 1 is 1.17 bits per heavy atom. The second-order valence-corrected chi connectivity index (χ2v) is 8.17. The van der Waals surface area contributed by atoms with Crippen molar-refractivity contribution in [2.75, 3.05) is 13.1 Å². The molecule has 2 amide bonds. The van der Waals surface area contributed by atoms with Crippen LogP contribution in [0.25, 0.3) is 0 Å². The lowest BCUT2D eigenvalue weighted by atomic mass is 9.90. The molecule has 1 spiro atoms. The van der Waals surface area contributed by atoms with Gasteiger partial charge in [-0.2, -0.15) is 0 Å². The normalized spacial score (nSPS) is 23.4. The monoisotopic (exact) mass is 338 g/mol. The Morgan fingerprint density at radius 3 is 2.17 bits per heavy atom. The lowest BCUT2D eigenvalue weighted by Gasteiger charge is -2.36. The van der Waals surface area contributed by atoms with E-state index in [9.17, 15) is 14.4 Å². The standard InChI is InChI=1S/C18H30N2O4/c1-11(2)9-14(21)19-15(12(3)4)16(22)20-7-5-18(6-8-20)10-13(18)17(23)24/h11-13,15H,5-10H2,1-4H3,(H,19,21)(H,23,24). The molecule has 1 saturated heterocycles. The summed E-state index contributed by atoms with van der Waals surface area (Å²) in [5, 5.41) is 12.0. The third-order valence-corrected chi connectivity index (χ3v) is 5.40. The number of nitrogens with one attached hydrogen (secondary N) is 1. The summed E-state index contributed by atoms with van der Waals surface area (Å²) in [6, 6.07) is -0.500. The molecular weight excluding hydrogens is 308 g/mol. The Labute approximate surface area is 144 Å². The Morgan fingerprint density at radius 2 is 1.75 bits per heavy atom. The number of rotatable bonds is 6. The molecule has 0 aromatic rings. The van der Waals surface area contributed by atoms with Crippen molar-refractivity contribution < 1.29 is 19.5 Å². The van der Waals surface area contributed by atoms with E-state index in [0.29, 0.717) is 19.5 Å². The second kappa shape index (κ2) is 7.11. The molecule has 0 aromatic carbocycles. The molecule has 2 atom stereocenters. The van der Waals surface area contributed by atoms with Crippen LogP contribution in [0.2, 0.25) is 0 Å². The first-order valence-electron chi connectivity index (χ1n) is 8.97. The van der Waals surface area contributed by atoms with Crippen molar-refractivity contribution in [3.05, 3.63) is 0 Å². The first-order chi connectivity index (χ1) is 11.2. The summed E-state index contributed by atoms with van der Waals surface area (Å²) in [5.41, 5.74) is -0.0865. The van der Waals surface area contributed by atoms with Crippen molar-refractivity contribution in [2.45, 2.75) is 59.4 Å². The molecule has 136 valence electrons. The van der Waals surface area contributed by atoms with Crippen LogP contribution in [0.3, 0.4) is 0 Å². The maximum Gasteiger partial charge on any atom is 0.307 e. The van der Waals surface area contributed by atoms with Gasteiger partial charge in [-0.1, -0.05) is 27.7 Å². The topological polar surface area (TPSA) is 86.7 Å². The van der Waals surface area contributed by atoms with Gasteiger partial charge in [-0.3, -0.25) is 14.4 Å². The van der Waals surface area contributed by atoms with E-state index in [1.807, 2.05) is 27.7 Å². The number of amides is 2. The summed E-state index contributed by atoms with van der Waals surface area (Å²) in [5.74, 6) is -0.789. The molecule has 6 nitrogen and oxygen atoms in total. The van der Waals surface area contributed by atoms with E-state index < -0.39 is 12.0 Å². The van der Waals surface area contributed by atoms with E-state index in [1.165, 1.54) is 0 Å². The largest absolute Gasteiger partial charge is 0.481 e. The lowest BCUT2D eigenvalue weighted by molar-refractivity contribution is -0.141. The summed E-state index contributed by atoms with van der Waals surface area (Å²) in [4.78, 5) is 37.8. The summed E-state index contributed by atoms with van der Waals surface area (Å²) >= 11 is 0. The number of carboxylic acid groups (broad SMARTS) is 1. The van der Waals surface area contributed by atoms with Gasteiger partial charge in [0.25, 0.3) is 0 Å². The summed E-state index contributed by atoms with van der Waals surface area (Å²) < 4.78 is 0. The van der Waals surface area contributed by atoms with Gasteiger partial charge in [0.15, 0.2) is 0 Å². The summed E-state index contributed by atoms with van der Waals surface area (Å²) in [6.45, 7) is 9.00. The predicted molar refractivity (Wildman–Crippen MR) is 90.2 cm³/mol. The number of aliphatic carboxylic acids is 1. The molecule has 2 fully saturated rings. The summed E-state index contributed by atoms with van der Waals surface area (Å²) in [7, 11) is 0. The van der Waals surface area contributed by atoms with Gasteiger partial charge in [-0.05, 0) is 36.5 Å². The lowest BCUT2D eigenvalue weighted by Crippen LogP contribution is -2.53. The first kappa shape index (κ1) is 18.7. The zero-order valence-electron chi connectivity index (χ0n) is 15.2. The second-order valence-electron chi connectivity index (χ2n) is 8.17. The number of nitrogens with zero attached hydrogens (tertiary/aromatic N) is 1. The van der Waals surface area contributed by atoms with E-state index in [2.05, 4.69) is 5.32 Å². The van der Waals surface area contributed by atoms with Crippen LogP contribution < -0.4 is 5.32 Å². The SMILES string of the molecule is CC(C)CC(=O)NC(C(=O)N1CCC2(CC1)CC2C(=O)O)C(C)C. The minimum atomic E-state index is -0.712. The molecule has 1 aliphatic carbocycles. The fourth-order valence-electron chi connectivity index (χ4n) is 3.74. The minimum Gasteiger partial charge on any atom is -0.481 e. The van der Waals surface area contributed by atoms with Crippen LogP contribution in [0.15, 0.2) is 0 Å². The Balaban J connectivity index is 1.92. The highest BCUT2D eigenvalue weighted by Gasteiger charge is 2.59. The number of carboxylic acids is 1. The van der Waals surface area contributed by atoms with Crippen LogP contribution in [-0.2, 0) is 14.4 Å². The molecular formula is C18H30N2O4.